The molecule has 0 bridgehead atoms. The van der Waals surface area contributed by atoms with E-state index in [2.05, 4.69) is 0 Å². The molecule has 1 amide bonds. The fraction of sp³-hybridized carbons (Fsp3) is 0.611. The molecule has 2 fully saturated rings. The molecule has 2 aliphatic heterocycles. The molecule has 2 N–H and O–H groups in total. The Kier molecular flexibility index (Phi) is 8.05. The molecule has 0 atom stereocenters. The SMILES string of the molecule is Cl.NCCCOC1CCN(S(=O)(=O)c2ccc(N3CCCC3=O)cc2)CC1. The molecular formula is C18H28ClN3O4S. The molecule has 152 valence electrons. The van der Waals surface area contributed by atoms with E-state index in [4.69, 9.17) is 10.5 Å². The second-order valence-corrected chi connectivity index (χ2v) is 8.70. The van der Waals surface area contributed by atoms with Gasteiger partial charge in [0, 0.05) is 38.3 Å². The number of sulfonamides is 1. The molecule has 0 spiro atoms. The number of hydrogen-bond donors (Lipinski definition) is 1. The smallest absolute Gasteiger partial charge is 0.243 e. The van der Waals surface area contributed by atoms with Gasteiger partial charge in [0.1, 0.15) is 0 Å². The van der Waals surface area contributed by atoms with Gasteiger partial charge in [0.2, 0.25) is 15.9 Å². The number of ether oxygens (including phenoxy) is 1. The molecule has 0 saturated carbocycles. The van der Waals surface area contributed by atoms with Crippen LogP contribution in [0.4, 0.5) is 5.69 Å². The fourth-order valence-electron chi connectivity index (χ4n) is 3.44. The first-order valence-corrected chi connectivity index (χ1v) is 10.7. The maximum absolute atomic E-state index is 12.8. The van der Waals surface area contributed by atoms with Crippen LogP contribution in [0.5, 0.6) is 0 Å². The topological polar surface area (TPSA) is 92.9 Å². The van der Waals surface area contributed by atoms with Gasteiger partial charge in [0.25, 0.3) is 0 Å². The maximum atomic E-state index is 12.8. The van der Waals surface area contributed by atoms with Crippen molar-refractivity contribution in [2.75, 3.05) is 37.7 Å². The summed E-state index contributed by atoms with van der Waals surface area (Å²) in [5.74, 6) is 0.0947. The lowest BCUT2D eigenvalue weighted by Gasteiger charge is -2.31. The number of hydrogen-bond acceptors (Lipinski definition) is 5. The standard InChI is InChI=1S/C18H27N3O4S.ClH/c19-10-2-14-25-16-8-12-20(13-9-16)26(23,24)17-6-4-15(5-7-17)21-11-1-3-18(21)22;/h4-7,16H,1-3,8-14,19H2;1H. The van der Waals surface area contributed by atoms with Crippen LogP contribution in [0.3, 0.4) is 0 Å². The number of rotatable bonds is 7. The molecule has 2 aliphatic rings. The van der Waals surface area contributed by atoms with E-state index in [1.165, 1.54) is 4.31 Å². The van der Waals surface area contributed by atoms with Crippen molar-refractivity contribution in [2.45, 2.75) is 43.1 Å². The van der Waals surface area contributed by atoms with Crippen LogP contribution in [0.1, 0.15) is 32.1 Å². The Labute approximate surface area is 167 Å². The number of carbonyl (C=O) groups excluding carboxylic acids is 1. The van der Waals surface area contributed by atoms with Gasteiger partial charge in [-0.25, -0.2) is 8.42 Å². The Morgan fingerprint density at radius 2 is 1.78 bits per heavy atom. The molecule has 2 saturated heterocycles. The third-order valence-electron chi connectivity index (χ3n) is 4.96. The lowest BCUT2D eigenvalue weighted by atomic mass is 10.1. The molecule has 1 aromatic rings. The van der Waals surface area contributed by atoms with Gasteiger partial charge in [-0.1, -0.05) is 0 Å². The van der Waals surface area contributed by atoms with Crippen molar-refractivity contribution in [3.05, 3.63) is 24.3 Å². The van der Waals surface area contributed by atoms with Crippen LogP contribution >= 0.6 is 12.4 Å². The van der Waals surface area contributed by atoms with Crippen molar-refractivity contribution >= 4 is 34.0 Å². The molecule has 3 rings (SSSR count). The third kappa shape index (κ3) is 5.20. The molecule has 27 heavy (non-hydrogen) atoms. The zero-order valence-electron chi connectivity index (χ0n) is 15.4. The zero-order valence-corrected chi connectivity index (χ0v) is 17.0. The predicted molar refractivity (Wildman–Crippen MR) is 107 cm³/mol. The van der Waals surface area contributed by atoms with E-state index < -0.39 is 10.0 Å². The van der Waals surface area contributed by atoms with Crippen LogP contribution in [0, 0.1) is 0 Å². The van der Waals surface area contributed by atoms with Crippen LogP contribution in [-0.2, 0) is 19.6 Å². The van der Waals surface area contributed by atoms with E-state index >= 15 is 0 Å². The van der Waals surface area contributed by atoms with E-state index in [1.807, 2.05) is 0 Å². The monoisotopic (exact) mass is 417 g/mol. The second kappa shape index (κ2) is 9.84. The summed E-state index contributed by atoms with van der Waals surface area (Å²) in [6.45, 7) is 2.85. The van der Waals surface area contributed by atoms with Crippen molar-refractivity contribution in [1.82, 2.24) is 4.31 Å². The minimum atomic E-state index is -3.51. The highest BCUT2D eigenvalue weighted by Crippen LogP contribution is 2.26. The van der Waals surface area contributed by atoms with Crippen molar-refractivity contribution in [2.24, 2.45) is 5.73 Å². The number of halogens is 1. The number of anilines is 1. The summed E-state index contributed by atoms with van der Waals surface area (Å²) < 4.78 is 32.9. The highest BCUT2D eigenvalue weighted by molar-refractivity contribution is 7.89. The lowest BCUT2D eigenvalue weighted by molar-refractivity contribution is -0.117. The maximum Gasteiger partial charge on any atom is 0.243 e. The van der Waals surface area contributed by atoms with E-state index in [0.29, 0.717) is 52.0 Å². The zero-order chi connectivity index (χ0) is 18.6. The lowest BCUT2D eigenvalue weighted by Crippen LogP contribution is -2.41. The number of benzene rings is 1. The predicted octanol–water partition coefficient (Wildman–Crippen LogP) is 1.75. The number of nitrogens with two attached hydrogens (primary N) is 1. The summed E-state index contributed by atoms with van der Waals surface area (Å²) in [5.41, 5.74) is 6.22. The second-order valence-electron chi connectivity index (χ2n) is 6.76. The number of piperidine rings is 1. The molecular weight excluding hydrogens is 390 g/mol. The molecule has 0 aromatic heterocycles. The molecule has 0 unspecified atom stereocenters. The van der Waals surface area contributed by atoms with Gasteiger partial charge >= 0.3 is 0 Å². The summed E-state index contributed by atoms with van der Waals surface area (Å²) >= 11 is 0. The van der Waals surface area contributed by atoms with E-state index in [0.717, 1.165) is 18.5 Å². The Bertz CT molecular complexity index is 719. The van der Waals surface area contributed by atoms with Gasteiger partial charge in [0.15, 0.2) is 0 Å². The van der Waals surface area contributed by atoms with Gasteiger partial charge in [-0.2, -0.15) is 4.31 Å². The Morgan fingerprint density at radius 3 is 2.33 bits per heavy atom. The molecule has 0 radical (unpaired) electrons. The average molecular weight is 418 g/mol. The quantitative estimate of drug-likeness (QED) is 0.682. The van der Waals surface area contributed by atoms with Crippen LogP contribution in [0.25, 0.3) is 0 Å². The van der Waals surface area contributed by atoms with Crippen molar-refractivity contribution in [3.8, 4) is 0 Å². The van der Waals surface area contributed by atoms with Gasteiger partial charge in [-0.15, -0.1) is 12.4 Å². The Hall–Kier alpha value is -1.19. The molecule has 0 aliphatic carbocycles. The van der Waals surface area contributed by atoms with Gasteiger partial charge in [0.05, 0.1) is 11.0 Å². The first kappa shape index (κ1) is 22.1. The van der Waals surface area contributed by atoms with Crippen molar-refractivity contribution in [3.63, 3.8) is 0 Å². The number of amides is 1. The van der Waals surface area contributed by atoms with Crippen LogP contribution in [-0.4, -0.2) is 57.5 Å². The third-order valence-corrected chi connectivity index (χ3v) is 6.88. The molecule has 1 aromatic carbocycles. The van der Waals surface area contributed by atoms with Crippen molar-refractivity contribution in [1.29, 1.82) is 0 Å². The van der Waals surface area contributed by atoms with Crippen LogP contribution in [0.2, 0.25) is 0 Å². The summed E-state index contributed by atoms with van der Waals surface area (Å²) in [4.78, 5) is 13.8. The Balaban J connectivity index is 0.00000261. The van der Waals surface area contributed by atoms with Gasteiger partial charge < -0.3 is 15.4 Å². The minimum Gasteiger partial charge on any atom is -0.378 e. The normalized spacial score (nSPS) is 19.3. The first-order valence-electron chi connectivity index (χ1n) is 9.24. The number of nitrogens with zero attached hydrogens (tertiary/aromatic N) is 2. The fourth-order valence-corrected chi connectivity index (χ4v) is 4.91. The summed E-state index contributed by atoms with van der Waals surface area (Å²) in [6, 6.07) is 6.64. The van der Waals surface area contributed by atoms with Crippen molar-refractivity contribution < 1.29 is 17.9 Å². The first-order chi connectivity index (χ1) is 12.5. The summed E-state index contributed by atoms with van der Waals surface area (Å²) in [5, 5.41) is 0. The van der Waals surface area contributed by atoms with Crippen LogP contribution in [0.15, 0.2) is 29.2 Å². The average Bonchev–Trinajstić information content (AvgIpc) is 3.08. The van der Waals surface area contributed by atoms with Crippen LogP contribution < -0.4 is 10.6 Å². The Morgan fingerprint density at radius 1 is 1.11 bits per heavy atom. The highest BCUT2D eigenvalue weighted by atomic mass is 35.5. The summed E-state index contributed by atoms with van der Waals surface area (Å²) in [6.07, 6.45) is 3.74. The summed E-state index contributed by atoms with van der Waals surface area (Å²) in [7, 11) is -3.51. The van der Waals surface area contributed by atoms with Gasteiger partial charge in [-0.05, 0) is 56.5 Å². The molecule has 2 heterocycles. The molecule has 9 heteroatoms. The minimum absolute atomic E-state index is 0. The highest BCUT2D eigenvalue weighted by Gasteiger charge is 2.30. The van der Waals surface area contributed by atoms with E-state index in [-0.39, 0.29) is 29.3 Å². The number of carbonyl (C=O) groups is 1. The van der Waals surface area contributed by atoms with Gasteiger partial charge in [-0.3, -0.25) is 4.79 Å². The van der Waals surface area contributed by atoms with E-state index in [1.54, 1.807) is 29.2 Å². The van der Waals surface area contributed by atoms with E-state index in [9.17, 15) is 13.2 Å². The largest absolute Gasteiger partial charge is 0.378 e. The molecule has 7 nitrogen and oxygen atoms in total.